The van der Waals surface area contributed by atoms with E-state index in [1.54, 1.807) is 0 Å². The Morgan fingerprint density at radius 3 is 2.36 bits per heavy atom. The zero-order valence-electron chi connectivity index (χ0n) is 9.65. The molecular weight excluding hydrogens is 170 g/mol. The lowest BCUT2D eigenvalue weighted by atomic mass is 9.67. The summed E-state index contributed by atoms with van der Waals surface area (Å²) in [4.78, 5) is 0. The van der Waals surface area contributed by atoms with Crippen molar-refractivity contribution in [1.29, 1.82) is 0 Å². The van der Waals surface area contributed by atoms with Crippen LogP contribution in [0.25, 0.3) is 0 Å². The summed E-state index contributed by atoms with van der Waals surface area (Å²) in [5.41, 5.74) is 0.707. The molecule has 0 unspecified atom stereocenters. The molecule has 1 nitrogen and oxygen atoms in total. The molecule has 0 saturated heterocycles. The third-order valence-corrected chi connectivity index (χ3v) is 4.57. The Balaban J connectivity index is 1.61. The van der Waals surface area contributed by atoms with E-state index < -0.39 is 0 Å². The van der Waals surface area contributed by atoms with Crippen molar-refractivity contribution in [1.82, 2.24) is 5.32 Å². The van der Waals surface area contributed by atoms with Gasteiger partial charge in [0.2, 0.25) is 0 Å². The van der Waals surface area contributed by atoms with Crippen LogP contribution in [0.4, 0.5) is 0 Å². The van der Waals surface area contributed by atoms with Gasteiger partial charge in [-0.1, -0.05) is 26.2 Å². The van der Waals surface area contributed by atoms with Gasteiger partial charge in [-0.15, -0.1) is 0 Å². The van der Waals surface area contributed by atoms with Gasteiger partial charge >= 0.3 is 0 Å². The van der Waals surface area contributed by atoms with Crippen LogP contribution in [0.3, 0.4) is 0 Å². The van der Waals surface area contributed by atoms with Crippen molar-refractivity contribution in [2.75, 3.05) is 13.1 Å². The fourth-order valence-electron chi connectivity index (χ4n) is 3.09. The molecule has 2 saturated carbocycles. The minimum absolute atomic E-state index is 0.707. The van der Waals surface area contributed by atoms with Gasteiger partial charge in [0.1, 0.15) is 0 Å². The molecule has 0 atom stereocenters. The van der Waals surface area contributed by atoms with Gasteiger partial charge in [-0.2, -0.15) is 0 Å². The molecule has 1 heteroatoms. The Hall–Kier alpha value is -0.0400. The molecule has 1 N–H and O–H groups in total. The molecular formula is C13H25N. The van der Waals surface area contributed by atoms with E-state index in [2.05, 4.69) is 12.2 Å². The molecule has 14 heavy (non-hydrogen) atoms. The lowest BCUT2D eigenvalue weighted by Crippen LogP contribution is -2.40. The van der Waals surface area contributed by atoms with Crippen molar-refractivity contribution >= 4 is 0 Å². The highest BCUT2D eigenvalue weighted by Gasteiger charge is 2.34. The molecule has 0 aromatic rings. The van der Waals surface area contributed by atoms with Gasteiger partial charge in [0.05, 0.1) is 0 Å². The second-order valence-corrected chi connectivity index (χ2v) is 5.49. The number of hydrogen-bond acceptors (Lipinski definition) is 1. The molecule has 0 aromatic carbocycles. The smallest absolute Gasteiger partial charge is 0.000782 e. The first-order valence-corrected chi connectivity index (χ1v) is 6.55. The quantitative estimate of drug-likeness (QED) is 0.709. The zero-order chi connectivity index (χ0) is 9.86. The van der Waals surface area contributed by atoms with Crippen LogP contribution in [0.1, 0.15) is 58.3 Å². The van der Waals surface area contributed by atoms with Crippen molar-refractivity contribution in [2.24, 2.45) is 11.3 Å². The Morgan fingerprint density at radius 1 is 1.14 bits per heavy atom. The maximum atomic E-state index is 3.72. The van der Waals surface area contributed by atoms with Crippen molar-refractivity contribution in [2.45, 2.75) is 58.3 Å². The monoisotopic (exact) mass is 195 g/mol. The summed E-state index contributed by atoms with van der Waals surface area (Å²) in [6.07, 6.45) is 11.7. The van der Waals surface area contributed by atoms with E-state index in [-0.39, 0.29) is 0 Å². The highest BCUT2D eigenvalue weighted by molar-refractivity contribution is 4.88. The highest BCUT2D eigenvalue weighted by atomic mass is 14.9. The summed E-state index contributed by atoms with van der Waals surface area (Å²) < 4.78 is 0. The maximum absolute atomic E-state index is 3.72. The molecule has 2 aliphatic carbocycles. The summed E-state index contributed by atoms with van der Waals surface area (Å²) in [6, 6.07) is 0. The summed E-state index contributed by atoms with van der Waals surface area (Å²) in [5, 5.41) is 3.72. The van der Waals surface area contributed by atoms with Crippen molar-refractivity contribution in [3.63, 3.8) is 0 Å². The SMILES string of the molecule is CCC1(CNCC2CCCC2)CCC1. The molecule has 2 fully saturated rings. The molecule has 0 aliphatic heterocycles. The molecule has 0 amide bonds. The molecule has 0 bridgehead atoms. The molecule has 0 heterocycles. The topological polar surface area (TPSA) is 12.0 Å². The van der Waals surface area contributed by atoms with Crippen LogP contribution >= 0.6 is 0 Å². The largest absolute Gasteiger partial charge is 0.316 e. The van der Waals surface area contributed by atoms with Gasteiger partial charge in [-0.25, -0.2) is 0 Å². The first kappa shape index (κ1) is 10.5. The normalized spacial score (nSPS) is 26.4. The third-order valence-electron chi connectivity index (χ3n) is 4.57. The zero-order valence-corrected chi connectivity index (χ0v) is 9.65. The standard InChI is InChI=1S/C13H25N/c1-2-13(8-5-9-13)11-14-10-12-6-3-4-7-12/h12,14H,2-11H2,1H3. The van der Waals surface area contributed by atoms with Gasteiger partial charge in [-0.05, 0) is 50.0 Å². The fraction of sp³-hybridized carbons (Fsp3) is 1.00. The molecule has 0 spiro atoms. The lowest BCUT2D eigenvalue weighted by molar-refractivity contribution is 0.122. The summed E-state index contributed by atoms with van der Waals surface area (Å²) in [5.74, 6) is 1.00. The highest BCUT2D eigenvalue weighted by Crippen LogP contribution is 2.43. The number of rotatable bonds is 5. The van der Waals surface area contributed by atoms with Gasteiger partial charge in [0, 0.05) is 6.54 Å². The predicted molar refractivity (Wildman–Crippen MR) is 61.4 cm³/mol. The number of nitrogens with one attached hydrogen (secondary N) is 1. The lowest BCUT2D eigenvalue weighted by Gasteiger charge is -2.41. The van der Waals surface area contributed by atoms with Gasteiger partial charge in [-0.3, -0.25) is 0 Å². The minimum atomic E-state index is 0.707. The first-order valence-electron chi connectivity index (χ1n) is 6.55. The average molecular weight is 195 g/mol. The van der Waals surface area contributed by atoms with E-state index in [4.69, 9.17) is 0 Å². The van der Waals surface area contributed by atoms with Crippen molar-refractivity contribution in [3.05, 3.63) is 0 Å². The van der Waals surface area contributed by atoms with Crippen molar-refractivity contribution < 1.29 is 0 Å². The predicted octanol–water partition coefficient (Wildman–Crippen LogP) is 3.35. The molecule has 82 valence electrons. The second-order valence-electron chi connectivity index (χ2n) is 5.49. The molecule has 0 aromatic heterocycles. The first-order chi connectivity index (χ1) is 6.85. The summed E-state index contributed by atoms with van der Waals surface area (Å²) in [6.45, 7) is 4.94. The minimum Gasteiger partial charge on any atom is -0.316 e. The van der Waals surface area contributed by atoms with Crippen LogP contribution in [-0.4, -0.2) is 13.1 Å². The van der Waals surface area contributed by atoms with E-state index in [0.717, 1.165) is 5.92 Å². The summed E-state index contributed by atoms with van der Waals surface area (Å²) in [7, 11) is 0. The van der Waals surface area contributed by atoms with Crippen molar-refractivity contribution in [3.8, 4) is 0 Å². The Kier molecular flexibility index (Phi) is 3.48. The Labute approximate surface area is 88.7 Å². The van der Waals surface area contributed by atoms with E-state index in [0.29, 0.717) is 5.41 Å². The van der Waals surface area contributed by atoms with Crippen LogP contribution in [0.2, 0.25) is 0 Å². The van der Waals surface area contributed by atoms with Crippen LogP contribution in [0, 0.1) is 11.3 Å². The van der Waals surface area contributed by atoms with Gasteiger partial charge in [0.15, 0.2) is 0 Å². The van der Waals surface area contributed by atoms with E-state index in [9.17, 15) is 0 Å². The number of hydrogen-bond donors (Lipinski definition) is 1. The van der Waals surface area contributed by atoms with Crippen LogP contribution < -0.4 is 5.32 Å². The molecule has 2 rings (SSSR count). The summed E-state index contributed by atoms with van der Waals surface area (Å²) >= 11 is 0. The molecule has 2 aliphatic rings. The third kappa shape index (κ3) is 2.31. The van der Waals surface area contributed by atoms with E-state index in [1.165, 1.54) is 64.5 Å². The maximum Gasteiger partial charge on any atom is 0.000782 e. The van der Waals surface area contributed by atoms with Crippen LogP contribution in [0.5, 0.6) is 0 Å². The van der Waals surface area contributed by atoms with Crippen LogP contribution in [0.15, 0.2) is 0 Å². The second kappa shape index (κ2) is 4.65. The Morgan fingerprint density at radius 2 is 1.86 bits per heavy atom. The molecule has 0 radical (unpaired) electrons. The fourth-order valence-corrected chi connectivity index (χ4v) is 3.09. The van der Waals surface area contributed by atoms with Gasteiger partial charge in [0.25, 0.3) is 0 Å². The van der Waals surface area contributed by atoms with E-state index >= 15 is 0 Å². The Bertz CT molecular complexity index is 161. The van der Waals surface area contributed by atoms with Gasteiger partial charge < -0.3 is 5.32 Å². The average Bonchev–Trinajstić information content (AvgIpc) is 2.62. The van der Waals surface area contributed by atoms with Crippen LogP contribution in [-0.2, 0) is 0 Å². The van der Waals surface area contributed by atoms with E-state index in [1.807, 2.05) is 0 Å².